The van der Waals surface area contributed by atoms with Crippen molar-refractivity contribution in [2.45, 2.75) is 18.9 Å². The van der Waals surface area contributed by atoms with Crippen LogP contribution in [0.2, 0.25) is 0 Å². The summed E-state index contributed by atoms with van der Waals surface area (Å²) >= 11 is 0. The minimum absolute atomic E-state index is 0.0731. The Bertz CT molecular complexity index is 951. The van der Waals surface area contributed by atoms with Gasteiger partial charge < -0.3 is 4.90 Å². The van der Waals surface area contributed by atoms with Gasteiger partial charge in [0.25, 0.3) is 5.91 Å². The molecule has 3 fully saturated rings. The minimum atomic E-state index is -3.23. The maximum atomic E-state index is 12.8. The number of sulfonamides is 1. The predicted molar refractivity (Wildman–Crippen MR) is 107 cm³/mol. The van der Waals surface area contributed by atoms with Gasteiger partial charge in [-0.2, -0.15) is 0 Å². The summed E-state index contributed by atoms with van der Waals surface area (Å²) in [6.07, 6.45) is 1.30. The Morgan fingerprint density at radius 2 is 1.57 bits per heavy atom. The summed E-state index contributed by atoms with van der Waals surface area (Å²) in [5, 5.41) is 0. The van der Waals surface area contributed by atoms with E-state index < -0.39 is 19.9 Å². The summed E-state index contributed by atoms with van der Waals surface area (Å²) in [6.45, 7) is 2.97. The van der Waals surface area contributed by atoms with E-state index in [1.807, 2.05) is 0 Å². The molecule has 1 unspecified atom stereocenters. The van der Waals surface area contributed by atoms with Crippen molar-refractivity contribution < 1.29 is 21.6 Å². The minimum Gasteiger partial charge on any atom is -0.336 e. The molecule has 4 rings (SSSR count). The van der Waals surface area contributed by atoms with Crippen LogP contribution < -0.4 is 4.31 Å². The summed E-state index contributed by atoms with van der Waals surface area (Å²) in [7, 11) is -6.13. The van der Waals surface area contributed by atoms with E-state index >= 15 is 0 Å². The Kier molecular flexibility index (Phi) is 5.13. The van der Waals surface area contributed by atoms with Crippen molar-refractivity contribution in [2.24, 2.45) is 0 Å². The third kappa shape index (κ3) is 3.90. The molecule has 0 N–H and O–H groups in total. The third-order valence-corrected chi connectivity index (χ3v) is 9.45. The first-order chi connectivity index (χ1) is 13.3. The zero-order valence-corrected chi connectivity index (χ0v) is 17.3. The number of sulfone groups is 1. The fourth-order valence-corrected chi connectivity index (χ4v) is 7.56. The number of hydrogen-bond donors (Lipinski definition) is 0. The Morgan fingerprint density at radius 3 is 2.11 bits per heavy atom. The predicted octanol–water partition coefficient (Wildman–Crippen LogP) is 0.171. The molecule has 28 heavy (non-hydrogen) atoms. The van der Waals surface area contributed by atoms with Crippen LogP contribution in [-0.2, 0) is 19.9 Å². The van der Waals surface area contributed by atoms with Gasteiger partial charge in [0.05, 0.1) is 22.9 Å². The van der Waals surface area contributed by atoms with Gasteiger partial charge in [-0.05, 0) is 37.1 Å². The van der Waals surface area contributed by atoms with Gasteiger partial charge in [0, 0.05) is 44.3 Å². The van der Waals surface area contributed by atoms with Crippen LogP contribution in [0.15, 0.2) is 24.3 Å². The summed E-state index contributed by atoms with van der Waals surface area (Å²) < 4.78 is 48.8. The summed E-state index contributed by atoms with van der Waals surface area (Å²) in [4.78, 5) is 16.7. The maximum absolute atomic E-state index is 12.8. The van der Waals surface area contributed by atoms with Crippen LogP contribution in [0.25, 0.3) is 0 Å². The third-order valence-electron chi connectivity index (χ3n) is 5.83. The molecule has 0 saturated carbocycles. The van der Waals surface area contributed by atoms with Crippen molar-refractivity contribution >= 4 is 31.5 Å². The van der Waals surface area contributed by atoms with Crippen molar-refractivity contribution in [3.63, 3.8) is 0 Å². The second kappa shape index (κ2) is 7.31. The lowest BCUT2D eigenvalue weighted by atomic mass is 10.1. The molecule has 3 aliphatic rings. The molecule has 0 radical (unpaired) electrons. The van der Waals surface area contributed by atoms with Gasteiger partial charge in [0.2, 0.25) is 10.0 Å². The van der Waals surface area contributed by atoms with E-state index in [4.69, 9.17) is 0 Å². The fraction of sp³-hybridized carbons (Fsp3) is 0.611. The van der Waals surface area contributed by atoms with E-state index in [0.717, 1.165) is 0 Å². The summed E-state index contributed by atoms with van der Waals surface area (Å²) in [5.41, 5.74) is 1.14. The molecule has 0 bridgehead atoms. The second-order valence-electron chi connectivity index (χ2n) is 7.67. The van der Waals surface area contributed by atoms with E-state index in [1.54, 1.807) is 29.2 Å². The molecular formula is C18H25N3O5S2. The molecule has 0 aromatic heterocycles. The number of piperazine rings is 1. The highest BCUT2D eigenvalue weighted by atomic mass is 32.2. The lowest BCUT2D eigenvalue weighted by molar-refractivity contribution is 0.0588. The lowest BCUT2D eigenvalue weighted by Gasteiger charge is -2.37. The Labute approximate surface area is 166 Å². The van der Waals surface area contributed by atoms with Crippen molar-refractivity contribution in [1.82, 2.24) is 9.80 Å². The average Bonchev–Trinajstić information content (AvgIpc) is 3.22. The van der Waals surface area contributed by atoms with Crippen LogP contribution in [0, 0.1) is 0 Å². The Hall–Kier alpha value is -1.65. The maximum Gasteiger partial charge on any atom is 0.253 e. The van der Waals surface area contributed by atoms with Crippen LogP contribution in [-0.4, -0.2) is 88.6 Å². The Morgan fingerprint density at radius 1 is 0.893 bits per heavy atom. The van der Waals surface area contributed by atoms with Crippen molar-refractivity contribution in [3.05, 3.63) is 29.8 Å². The molecule has 0 aliphatic carbocycles. The SMILES string of the molecule is O=C(c1ccc(N2CCCS2(=O)=O)cc1)N1CCN(C2CCS(=O)(=O)C2)CC1. The van der Waals surface area contributed by atoms with E-state index in [-0.39, 0.29) is 29.2 Å². The highest BCUT2D eigenvalue weighted by molar-refractivity contribution is 7.93. The summed E-state index contributed by atoms with van der Waals surface area (Å²) in [5.74, 6) is 0.576. The monoisotopic (exact) mass is 427 g/mol. The molecule has 10 heteroatoms. The molecular weight excluding hydrogens is 402 g/mol. The quantitative estimate of drug-likeness (QED) is 0.683. The number of hydrogen-bond acceptors (Lipinski definition) is 6. The van der Waals surface area contributed by atoms with Crippen LogP contribution in [0.3, 0.4) is 0 Å². The molecule has 1 aromatic rings. The number of rotatable bonds is 3. The van der Waals surface area contributed by atoms with Crippen molar-refractivity contribution in [1.29, 1.82) is 0 Å². The number of carbonyl (C=O) groups excluding carboxylic acids is 1. The van der Waals surface area contributed by atoms with Gasteiger partial charge in [0.1, 0.15) is 0 Å². The van der Waals surface area contributed by atoms with E-state index in [0.29, 0.717) is 56.8 Å². The molecule has 0 spiro atoms. The zero-order valence-electron chi connectivity index (χ0n) is 15.7. The number of amides is 1. The van der Waals surface area contributed by atoms with Gasteiger partial charge in [0.15, 0.2) is 9.84 Å². The highest BCUT2D eigenvalue weighted by Crippen LogP contribution is 2.25. The zero-order chi connectivity index (χ0) is 19.9. The highest BCUT2D eigenvalue weighted by Gasteiger charge is 2.34. The van der Waals surface area contributed by atoms with Crippen molar-refractivity contribution in [2.75, 3.05) is 54.3 Å². The molecule has 1 atom stereocenters. The number of carbonyl (C=O) groups is 1. The smallest absolute Gasteiger partial charge is 0.253 e. The van der Waals surface area contributed by atoms with Crippen LogP contribution >= 0.6 is 0 Å². The van der Waals surface area contributed by atoms with E-state index in [1.165, 1.54) is 4.31 Å². The standard InChI is InChI=1S/C18H25N3O5S2/c22-18(15-2-4-16(5-3-15)21-7-1-12-28(21,25)26)20-10-8-19(9-11-20)17-6-13-27(23,24)14-17/h2-5,17H,1,6-14H2. The molecule has 3 aliphatic heterocycles. The largest absolute Gasteiger partial charge is 0.336 e. The first-order valence-corrected chi connectivity index (χ1v) is 13.0. The lowest BCUT2D eigenvalue weighted by Crippen LogP contribution is -2.52. The average molecular weight is 428 g/mol. The van der Waals surface area contributed by atoms with E-state index in [9.17, 15) is 21.6 Å². The topological polar surface area (TPSA) is 95.1 Å². The molecule has 8 nitrogen and oxygen atoms in total. The Balaban J connectivity index is 1.36. The number of nitrogens with zero attached hydrogens (tertiary/aromatic N) is 3. The van der Waals surface area contributed by atoms with Gasteiger partial charge >= 0.3 is 0 Å². The molecule has 3 heterocycles. The normalized spacial score (nSPS) is 27.2. The van der Waals surface area contributed by atoms with Crippen LogP contribution in [0.5, 0.6) is 0 Å². The molecule has 1 aromatic carbocycles. The first-order valence-electron chi connectivity index (χ1n) is 9.59. The fourth-order valence-electron chi connectivity index (χ4n) is 4.24. The van der Waals surface area contributed by atoms with Gasteiger partial charge in [-0.1, -0.05) is 0 Å². The van der Waals surface area contributed by atoms with Gasteiger partial charge in [-0.25, -0.2) is 16.8 Å². The molecule has 154 valence electrons. The van der Waals surface area contributed by atoms with Gasteiger partial charge in [-0.15, -0.1) is 0 Å². The number of benzene rings is 1. The van der Waals surface area contributed by atoms with Crippen LogP contribution in [0.1, 0.15) is 23.2 Å². The van der Waals surface area contributed by atoms with Gasteiger partial charge in [-0.3, -0.25) is 14.0 Å². The van der Waals surface area contributed by atoms with E-state index in [2.05, 4.69) is 4.90 Å². The molecule has 1 amide bonds. The second-order valence-corrected chi connectivity index (χ2v) is 11.9. The first kappa shape index (κ1) is 19.7. The number of anilines is 1. The van der Waals surface area contributed by atoms with Crippen LogP contribution in [0.4, 0.5) is 5.69 Å². The van der Waals surface area contributed by atoms with Crippen molar-refractivity contribution in [3.8, 4) is 0 Å². The molecule has 3 saturated heterocycles. The summed E-state index contributed by atoms with van der Waals surface area (Å²) in [6, 6.07) is 6.82.